The summed E-state index contributed by atoms with van der Waals surface area (Å²) in [5, 5.41) is 20.8. The van der Waals surface area contributed by atoms with Gasteiger partial charge in [-0.3, -0.25) is 9.59 Å². The van der Waals surface area contributed by atoms with Gasteiger partial charge in [0, 0.05) is 12.1 Å². The number of phenolic OH excluding ortho intramolecular Hbond substituents is 1. The molecule has 0 atom stereocenters. The Balaban J connectivity index is 1.92. The molecule has 1 aliphatic carbocycles. The maximum absolute atomic E-state index is 11.9. The quantitative estimate of drug-likeness (QED) is 0.755. The molecule has 0 spiro atoms. The van der Waals surface area contributed by atoms with Crippen LogP contribution in [0.4, 0.5) is 0 Å². The molecule has 19 heavy (non-hydrogen) atoms. The molecule has 1 aromatic rings. The van der Waals surface area contributed by atoms with Crippen molar-refractivity contribution in [1.29, 1.82) is 0 Å². The van der Waals surface area contributed by atoms with Crippen molar-refractivity contribution in [3.05, 3.63) is 29.8 Å². The van der Waals surface area contributed by atoms with Crippen LogP contribution in [-0.4, -0.2) is 28.6 Å². The zero-order chi connectivity index (χ0) is 13.9. The van der Waals surface area contributed by atoms with Crippen LogP contribution >= 0.6 is 0 Å². The number of hydrogen-bond acceptors (Lipinski definition) is 3. The van der Waals surface area contributed by atoms with Gasteiger partial charge in [0.05, 0.1) is 6.42 Å². The monoisotopic (exact) mass is 263 g/mol. The van der Waals surface area contributed by atoms with Crippen molar-refractivity contribution in [1.82, 2.24) is 5.32 Å². The Kier molecular flexibility index (Phi) is 3.74. The highest BCUT2D eigenvalue weighted by Gasteiger charge is 2.39. The SMILES string of the molecule is O=C(O)CC1(CNC(=O)c2ccc(O)cc2)CCC1. The van der Waals surface area contributed by atoms with E-state index in [2.05, 4.69) is 5.32 Å². The van der Waals surface area contributed by atoms with Crippen molar-refractivity contribution in [2.24, 2.45) is 5.41 Å². The highest BCUT2D eigenvalue weighted by atomic mass is 16.4. The van der Waals surface area contributed by atoms with Crippen LogP contribution in [0.2, 0.25) is 0 Å². The van der Waals surface area contributed by atoms with Crippen LogP contribution in [0, 0.1) is 5.41 Å². The molecule has 0 unspecified atom stereocenters. The normalized spacial score (nSPS) is 16.4. The summed E-state index contributed by atoms with van der Waals surface area (Å²) in [5.41, 5.74) is 0.181. The third-order valence-electron chi connectivity index (χ3n) is 3.69. The van der Waals surface area contributed by atoms with Gasteiger partial charge in [0.2, 0.25) is 0 Å². The number of amides is 1. The molecule has 0 heterocycles. The molecule has 102 valence electrons. The molecule has 0 aromatic heterocycles. The van der Waals surface area contributed by atoms with E-state index in [9.17, 15) is 9.59 Å². The van der Waals surface area contributed by atoms with E-state index in [1.165, 1.54) is 24.3 Å². The van der Waals surface area contributed by atoms with E-state index in [4.69, 9.17) is 10.2 Å². The molecule has 1 fully saturated rings. The number of carbonyl (C=O) groups excluding carboxylic acids is 1. The first-order valence-corrected chi connectivity index (χ1v) is 6.30. The van der Waals surface area contributed by atoms with Crippen molar-refractivity contribution < 1.29 is 19.8 Å². The molecule has 5 heteroatoms. The molecule has 0 saturated heterocycles. The molecule has 3 N–H and O–H groups in total. The van der Waals surface area contributed by atoms with Crippen LogP contribution in [0.5, 0.6) is 5.75 Å². The minimum Gasteiger partial charge on any atom is -0.508 e. The minimum atomic E-state index is -0.821. The Morgan fingerprint density at radius 3 is 2.32 bits per heavy atom. The first-order chi connectivity index (χ1) is 9.01. The molecule has 5 nitrogen and oxygen atoms in total. The molecule has 2 rings (SSSR count). The second-order valence-corrected chi connectivity index (χ2v) is 5.15. The van der Waals surface area contributed by atoms with Crippen molar-refractivity contribution in [2.75, 3.05) is 6.54 Å². The van der Waals surface area contributed by atoms with E-state index in [0.717, 1.165) is 19.3 Å². The number of phenols is 1. The van der Waals surface area contributed by atoms with Gasteiger partial charge >= 0.3 is 5.97 Å². The van der Waals surface area contributed by atoms with Gasteiger partial charge in [-0.05, 0) is 42.5 Å². The van der Waals surface area contributed by atoms with Crippen molar-refractivity contribution in [3.8, 4) is 5.75 Å². The number of aliphatic carboxylic acids is 1. The minimum absolute atomic E-state index is 0.100. The van der Waals surface area contributed by atoms with E-state index in [1.54, 1.807) is 0 Å². The Bertz CT molecular complexity index is 477. The van der Waals surface area contributed by atoms with Crippen molar-refractivity contribution in [2.45, 2.75) is 25.7 Å². The zero-order valence-corrected chi connectivity index (χ0v) is 10.6. The molecule has 0 radical (unpaired) electrons. The predicted octanol–water partition coefficient (Wildman–Crippen LogP) is 1.77. The summed E-state index contributed by atoms with van der Waals surface area (Å²) >= 11 is 0. The largest absolute Gasteiger partial charge is 0.508 e. The van der Waals surface area contributed by atoms with Gasteiger partial charge in [0.25, 0.3) is 5.91 Å². The molecule has 0 bridgehead atoms. The fourth-order valence-corrected chi connectivity index (χ4v) is 2.40. The summed E-state index contributed by atoms with van der Waals surface area (Å²) in [5.74, 6) is -0.951. The first-order valence-electron chi connectivity index (χ1n) is 6.30. The Morgan fingerprint density at radius 2 is 1.84 bits per heavy atom. The van der Waals surface area contributed by atoms with Crippen LogP contribution < -0.4 is 5.32 Å². The molecular formula is C14H17NO4. The van der Waals surface area contributed by atoms with Crippen LogP contribution in [0.3, 0.4) is 0 Å². The Labute approximate surface area is 111 Å². The van der Waals surface area contributed by atoms with Gasteiger partial charge in [-0.1, -0.05) is 6.42 Å². The van der Waals surface area contributed by atoms with Gasteiger partial charge in [0.1, 0.15) is 5.75 Å². The lowest BCUT2D eigenvalue weighted by Crippen LogP contribution is -2.43. The smallest absolute Gasteiger partial charge is 0.303 e. The second-order valence-electron chi connectivity index (χ2n) is 5.15. The maximum Gasteiger partial charge on any atom is 0.303 e. The molecule has 1 aromatic carbocycles. The Hall–Kier alpha value is -2.04. The third kappa shape index (κ3) is 3.24. The van der Waals surface area contributed by atoms with E-state index in [0.29, 0.717) is 12.1 Å². The highest BCUT2D eigenvalue weighted by Crippen LogP contribution is 2.43. The van der Waals surface area contributed by atoms with Crippen LogP contribution in [-0.2, 0) is 4.79 Å². The number of hydrogen-bond donors (Lipinski definition) is 3. The summed E-state index contributed by atoms with van der Waals surface area (Å²) in [4.78, 5) is 22.7. The molecule has 0 aliphatic heterocycles. The summed E-state index contributed by atoms with van der Waals surface area (Å²) in [6, 6.07) is 5.97. The predicted molar refractivity (Wildman–Crippen MR) is 69.0 cm³/mol. The molecule has 1 saturated carbocycles. The second kappa shape index (κ2) is 5.30. The lowest BCUT2D eigenvalue weighted by atomic mass is 9.66. The average molecular weight is 263 g/mol. The molecular weight excluding hydrogens is 246 g/mol. The number of carbonyl (C=O) groups is 2. The molecule has 1 amide bonds. The fraction of sp³-hybridized carbons (Fsp3) is 0.429. The van der Waals surface area contributed by atoms with Crippen LogP contribution in [0.15, 0.2) is 24.3 Å². The van der Waals surface area contributed by atoms with Crippen LogP contribution in [0.25, 0.3) is 0 Å². The van der Waals surface area contributed by atoms with E-state index >= 15 is 0 Å². The summed E-state index contributed by atoms with van der Waals surface area (Å²) in [7, 11) is 0. The van der Waals surface area contributed by atoms with E-state index in [-0.39, 0.29) is 23.5 Å². The standard InChI is InChI=1S/C14H17NO4/c16-11-4-2-10(3-5-11)13(19)15-9-14(6-1-7-14)8-12(17)18/h2-5,16H,1,6-9H2,(H,15,19)(H,17,18). The number of carboxylic acids is 1. The zero-order valence-electron chi connectivity index (χ0n) is 10.6. The van der Waals surface area contributed by atoms with Crippen molar-refractivity contribution >= 4 is 11.9 Å². The fourth-order valence-electron chi connectivity index (χ4n) is 2.40. The van der Waals surface area contributed by atoms with Crippen LogP contribution in [0.1, 0.15) is 36.0 Å². The highest BCUT2D eigenvalue weighted by molar-refractivity contribution is 5.94. The lowest BCUT2D eigenvalue weighted by molar-refractivity contribution is -0.141. The number of carboxylic acid groups (broad SMARTS) is 1. The van der Waals surface area contributed by atoms with Gasteiger partial charge in [-0.15, -0.1) is 0 Å². The topological polar surface area (TPSA) is 86.6 Å². The first kappa shape index (κ1) is 13.4. The summed E-state index contributed by atoms with van der Waals surface area (Å²) in [6.07, 6.45) is 2.80. The number of rotatable bonds is 5. The van der Waals surface area contributed by atoms with Gasteiger partial charge in [-0.25, -0.2) is 0 Å². The lowest BCUT2D eigenvalue weighted by Gasteiger charge is -2.40. The van der Waals surface area contributed by atoms with Gasteiger partial charge in [0.15, 0.2) is 0 Å². The van der Waals surface area contributed by atoms with Crippen molar-refractivity contribution in [3.63, 3.8) is 0 Å². The number of aromatic hydroxyl groups is 1. The average Bonchev–Trinajstić information content (AvgIpc) is 2.32. The molecule has 1 aliphatic rings. The van der Waals surface area contributed by atoms with Gasteiger partial charge < -0.3 is 15.5 Å². The van der Waals surface area contributed by atoms with E-state index < -0.39 is 5.97 Å². The summed E-state index contributed by atoms with van der Waals surface area (Å²) in [6.45, 7) is 0.388. The summed E-state index contributed by atoms with van der Waals surface area (Å²) < 4.78 is 0. The third-order valence-corrected chi connectivity index (χ3v) is 3.69. The Morgan fingerprint density at radius 1 is 1.21 bits per heavy atom. The van der Waals surface area contributed by atoms with Gasteiger partial charge in [-0.2, -0.15) is 0 Å². The maximum atomic E-state index is 11.9. The van der Waals surface area contributed by atoms with E-state index in [1.807, 2.05) is 0 Å². The number of nitrogens with one attached hydrogen (secondary N) is 1. The number of benzene rings is 1.